The molecule has 1 saturated heterocycles. The summed E-state index contributed by atoms with van der Waals surface area (Å²) in [6.45, 7) is 7.27. The monoisotopic (exact) mass is 482 g/mol. The van der Waals surface area contributed by atoms with Gasteiger partial charge in [-0.1, -0.05) is 12.1 Å². The van der Waals surface area contributed by atoms with Crippen LogP contribution < -0.4 is 10.2 Å². The molecule has 1 aliphatic rings. The summed E-state index contributed by atoms with van der Waals surface area (Å²) >= 11 is 0. The molecule has 2 heterocycles. The Hall–Kier alpha value is -3.62. The number of methoxy groups -OCH3 is 1. The number of amides is 1. The van der Waals surface area contributed by atoms with E-state index < -0.39 is 17.7 Å². The first kappa shape index (κ1) is 24.5. The van der Waals surface area contributed by atoms with Crippen LogP contribution in [-0.4, -0.2) is 53.5 Å². The van der Waals surface area contributed by atoms with Crippen molar-refractivity contribution in [3.8, 4) is 0 Å². The van der Waals surface area contributed by atoms with Crippen molar-refractivity contribution in [2.75, 3.05) is 25.1 Å². The van der Waals surface area contributed by atoms with Crippen LogP contribution in [0.15, 0.2) is 42.5 Å². The van der Waals surface area contributed by atoms with E-state index in [1.165, 1.54) is 19.2 Å². The Kier molecular flexibility index (Phi) is 6.95. The van der Waals surface area contributed by atoms with Gasteiger partial charge in [-0.25, -0.2) is 19.0 Å². The van der Waals surface area contributed by atoms with Crippen LogP contribution in [0.2, 0.25) is 0 Å². The van der Waals surface area contributed by atoms with E-state index >= 15 is 0 Å². The van der Waals surface area contributed by atoms with Crippen LogP contribution in [0.4, 0.5) is 15.1 Å². The normalized spacial score (nSPS) is 16.3. The van der Waals surface area contributed by atoms with E-state index in [0.717, 1.165) is 41.9 Å². The number of nitrogens with one attached hydrogen (secondary N) is 1. The van der Waals surface area contributed by atoms with Gasteiger partial charge in [-0.15, -0.1) is 0 Å². The first-order valence-electron chi connectivity index (χ1n) is 11.7. The number of ether oxygens (including phenoxy) is 2. The van der Waals surface area contributed by atoms with Gasteiger partial charge in [-0.05, 0) is 69.5 Å². The maximum absolute atomic E-state index is 13.5. The zero-order chi connectivity index (χ0) is 25.2. The molecule has 1 atom stereocenters. The quantitative estimate of drug-likeness (QED) is 0.539. The second kappa shape index (κ2) is 9.93. The topological polar surface area (TPSA) is 85.7 Å². The Bertz CT molecular complexity index is 1220. The van der Waals surface area contributed by atoms with E-state index in [2.05, 4.69) is 10.2 Å². The Morgan fingerprint density at radius 2 is 1.91 bits per heavy atom. The van der Waals surface area contributed by atoms with Gasteiger partial charge in [-0.3, -0.25) is 0 Å². The van der Waals surface area contributed by atoms with Crippen molar-refractivity contribution in [1.82, 2.24) is 14.9 Å². The lowest BCUT2D eigenvalue weighted by atomic mass is 10.1. The molecule has 1 aromatic heterocycles. The average molecular weight is 483 g/mol. The number of aromatic nitrogens is 2. The molecule has 1 amide bonds. The predicted molar refractivity (Wildman–Crippen MR) is 131 cm³/mol. The summed E-state index contributed by atoms with van der Waals surface area (Å²) in [6, 6.07) is 11.5. The average Bonchev–Trinajstić information content (AvgIpc) is 3.16. The van der Waals surface area contributed by atoms with Gasteiger partial charge in [0.1, 0.15) is 11.4 Å². The molecule has 0 aliphatic carbocycles. The molecule has 0 saturated carbocycles. The molecule has 0 unspecified atom stereocenters. The molecule has 9 heteroatoms. The number of esters is 1. The summed E-state index contributed by atoms with van der Waals surface area (Å²) in [5, 5.41) is 2.97. The molecular formula is C26H31FN4O4. The van der Waals surface area contributed by atoms with E-state index in [1.807, 2.05) is 25.3 Å². The lowest BCUT2D eigenvalue weighted by Crippen LogP contribution is -2.49. The zero-order valence-corrected chi connectivity index (χ0v) is 20.5. The maximum Gasteiger partial charge on any atom is 0.407 e. The van der Waals surface area contributed by atoms with E-state index in [1.54, 1.807) is 30.3 Å². The van der Waals surface area contributed by atoms with Crippen LogP contribution >= 0.6 is 0 Å². The number of benzene rings is 2. The fourth-order valence-corrected chi connectivity index (χ4v) is 4.28. The molecule has 8 nitrogen and oxygen atoms in total. The molecule has 2 aromatic carbocycles. The Balaban J connectivity index is 1.66. The molecule has 1 fully saturated rings. The van der Waals surface area contributed by atoms with E-state index in [4.69, 9.17) is 14.5 Å². The first-order chi connectivity index (χ1) is 16.6. The van der Waals surface area contributed by atoms with Crippen LogP contribution in [0.1, 0.15) is 49.5 Å². The van der Waals surface area contributed by atoms with Gasteiger partial charge in [0.05, 0.1) is 30.3 Å². The molecule has 3 aromatic rings. The smallest absolute Gasteiger partial charge is 0.407 e. The number of fused-ring (bicyclic) bond motifs is 1. The van der Waals surface area contributed by atoms with E-state index in [0.29, 0.717) is 18.7 Å². The van der Waals surface area contributed by atoms with Crippen molar-refractivity contribution in [2.24, 2.45) is 0 Å². The van der Waals surface area contributed by atoms with Crippen LogP contribution in [0.25, 0.3) is 11.0 Å². The number of rotatable bonds is 5. The first-order valence-corrected chi connectivity index (χ1v) is 11.7. The molecule has 1 N–H and O–H groups in total. The second-order valence-electron chi connectivity index (χ2n) is 9.75. The van der Waals surface area contributed by atoms with Gasteiger partial charge in [0.2, 0.25) is 5.95 Å². The van der Waals surface area contributed by atoms with Crippen LogP contribution in [0.3, 0.4) is 0 Å². The molecular weight excluding hydrogens is 451 g/mol. The van der Waals surface area contributed by atoms with Crippen molar-refractivity contribution in [3.05, 3.63) is 59.4 Å². The molecule has 186 valence electrons. The number of nitrogens with zero attached hydrogens (tertiary/aromatic N) is 3. The summed E-state index contributed by atoms with van der Waals surface area (Å²) in [6.07, 6.45) is 1.26. The summed E-state index contributed by atoms with van der Waals surface area (Å²) in [5.74, 6) is -0.00543. The number of piperidine rings is 1. The summed E-state index contributed by atoms with van der Waals surface area (Å²) in [5.41, 5.74) is 2.26. The minimum absolute atomic E-state index is 0.0942. The Morgan fingerprint density at radius 1 is 1.17 bits per heavy atom. The fourth-order valence-electron chi connectivity index (χ4n) is 4.28. The number of anilines is 1. The van der Waals surface area contributed by atoms with Crippen molar-refractivity contribution < 1.29 is 23.5 Å². The molecule has 0 spiro atoms. The third-order valence-electron chi connectivity index (χ3n) is 5.83. The van der Waals surface area contributed by atoms with Gasteiger partial charge in [-0.2, -0.15) is 0 Å². The molecule has 0 bridgehead atoms. The molecule has 35 heavy (non-hydrogen) atoms. The van der Waals surface area contributed by atoms with Crippen molar-refractivity contribution >= 4 is 29.0 Å². The SMILES string of the molecule is COC(=O)c1ccc2nc(N3CCC[C@@H](NC(=O)OC(C)(C)C)C3)n(Cc3ccc(F)cc3)c2c1. The third-order valence-corrected chi connectivity index (χ3v) is 5.83. The van der Waals surface area contributed by atoms with Gasteiger partial charge in [0.15, 0.2) is 0 Å². The van der Waals surface area contributed by atoms with Crippen molar-refractivity contribution in [2.45, 2.75) is 51.8 Å². The number of carbonyl (C=O) groups excluding carboxylic acids is 2. The largest absolute Gasteiger partial charge is 0.465 e. The standard InChI is InChI=1S/C26H31FN4O4/c1-26(2,3)35-25(33)28-20-6-5-13-30(16-20)24-29-21-12-9-18(23(32)34-4)14-22(21)31(24)15-17-7-10-19(27)11-8-17/h7-12,14,20H,5-6,13,15-16H2,1-4H3,(H,28,33)/t20-/m1/s1. The van der Waals surface area contributed by atoms with E-state index in [-0.39, 0.29) is 11.9 Å². The minimum atomic E-state index is -0.571. The van der Waals surface area contributed by atoms with Gasteiger partial charge in [0.25, 0.3) is 0 Å². The number of hydrogen-bond donors (Lipinski definition) is 1. The third kappa shape index (κ3) is 5.90. The van der Waals surface area contributed by atoms with Crippen molar-refractivity contribution in [1.29, 1.82) is 0 Å². The van der Waals surface area contributed by atoms with Crippen molar-refractivity contribution in [3.63, 3.8) is 0 Å². The lowest BCUT2D eigenvalue weighted by molar-refractivity contribution is 0.0498. The highest BCUT2D eigenvalue weighted by atomic mass is 19.1. The number of alkyl carbamates (subject to hydrolysis) is 1. The van der Waals surface area contributed by atoms with Crippen LogP contribution in [0, 0.1) is 5.82 Å². The summed E-state index contributed by atoms with van der Waals surface area (Å²) < 4.78 is 25.8. The number of carbonyl (C=O) groups is 2. The fraction of sp³-hybridized carbons (Fsp3) is 0.423. The molecule has 4 rings (SSSR count). The Labute approximate surface area is 204 Å². The highest BCUT2D eigenvalue weighted by molar-refractivity contribution is 5.94. The predicted octanol–water partition coefficient (Wildman–Crippen LogP) is 4.50. The van der Waals surface area contributed by atoms with Crippen LogP contribution in [-0.2, 0) is 16.0 Å². The maximum atomic E-state index is 13.5. The van der Waals surface area contributed by atoms with E-state index in [9.17, 15) is 14.0 Å². The lowest BCUT2D eigenvalue weighted by Gasteiger charge is -2.34. The van der Waals surface area contributed by atoms with Crippen LogP contribution in [0.5, 0.6) is 0 Å². The number of halogens is 1. The van der Waals surface area contributed by atoms with Gasteiger partial charge < -0.3 is 24.3 Å². The zero-order valence-electron chi connectivity index (χ0n) is 20.5. The van der Waals surface area contributed by atoms with Gasteiger partial charge >= 0.3 is 12.1 Å². The summed E-state index contributed by atoms with van der Waals surface area (Å²) in [4.78, 5) is 31.5. The number of hydrogen-bond acceptors (Lipinski definition) is 6. The molecule has 1 aliphatic heterocycles. The second-order valence-corrected chi connectivity index (χ2v) is 9.75. The highest BCUT2D eigenvalue weighted by Gasteiger charge is 2.27. The van der Waals surface area contributed by atoms with Gasteiger partial charge in [0, 0.05) is 19.1 Å². The highest BCUT2D eigenvalue weighted by Crippen LogP contribution is 2.28. The minimum Gasteiger partial charge on any atom is -0.465 e. The molecule has 0 radical (unpaired) electrons. The Morgan fingerprint density at radius 3 is 2.60 bits per heavy atom. The number of imidazole rings is 1. The summed E-state index contributed by atoms with van der Waals surface area (Å²) in [7, 11) is 1.35.